The van der Waals surface area contributed by atoms with Crippen molar-refractivity contribution in [2.24, 2.45) is 0 Å². The highest BCUT2D eigenvalue weighted by Crippen LogP contribution is 2.50. The van der Waals surface area contributed by atoms with Crippen LogP contribution in [0.1, 0.15) is 24.0 Å². The van der Waals surface area contributed by atoms with E-state index < -0.39 is 0 Å². The van der Waals surface area contributed by atoms with E-state index in [0.717, 1.165) is 18.5 Å². The van der Waals surface area contributed by atoms with E-state index >= 15 is 0 Å². The molecule has 0 radical (unpaired) electrons. The van der Waals surface area contributed by atoms with Crippen LogP contribution in [0.15, 0.2) is 211 Å². The molecule has 1 atom stereocenters. The maximum absolute atomic E-state index is 3.67. The number of para-hydroxylation sites is 1. The van der Waals surface area contributed by atoms with Gasteiger partial charge in [0.2, 0.25) is 0 Å². The van der Waals surface area contributed by atoms with Gasteiger partial charge in [0.05, 0.1) is 17.4 Å². The maximum atomic E-state index is 3.67. The summed E-state index contributed by atoms with van der Waals surface area (Å²) >= 11 is 0. The highest BCUT2D eigenvalue weighted by molar-refractivity contribution is 5.99. The van der Waals surface area contributed by atoms with Crippen molar-refractivity contribution in [2.45, 2.75) is 25.8 Å². The van der Waals surface area contributed by atoms with Crippen molar-refractivity contribution < 1.29 is 0 Å². The maximum Gasteiger partial charge on any atom is 0.0728 e. The van der Waals surface area contributed by atoms with E-state index in [1.54, 1.807) is 0 Å². The van der Waals surface area contributed by atoms with Gasteiger partial charge in [0, 0.05) is 16.8 Å². The van der Waals surface area contributed by atoms with Crippen molar-refractivity contribution in [3.05, 3.63) is 222 Å². The fraction of sp³-hybridized carbons (Fsp3) is 0.0769. The van der Waals surface area contributed by atoms with Crippen LogP contribution in [0, 0.1) is 6.92 Å². The van der Waals surface area contributed by atoms with Crippen molar-refractivity contribution in [1.29, 1.82) is 0 Å². The van der Waals surface area contributed by atoms with E-state index in [1.165, 1.54) is 89.3 Å². The van der Waals surface area contributed by atoms with Gasteiger partial charge in [-0.1, -0.05) is 140 Å². The number of aryl methyl sites for hydroxylation is 1. The Morgan fingerprint density at radius 1 is 0.556 bits per heavy atom. The molecule has 0 spiro atoms. The molecular formula is C52H40N2. The minimum atomic E-state index is 0.105. The lowest BCUT2D eigenvalue weighted by Crippen LogP contribution is -2.37. The Bertz CT molecular complexity index is 2650. The zero-order valence-electron chi connectivity index (χ0n) is 30.3. The van der Waals surface area contributed by atoms with E-state index in [2.05, 4.69) is 205 Å². The number of dihydropyridines is 1. The van der Waals surface area contributed by atoms with Gasteiger partial charge >= 0.3 is 0 Å². The van der Waals surface area contributed by atoms with E-state index in [4.69, 9.17) is 0 Å². The molecule has 1 unspecified atom stereocenters. The number of allylic oxidation sites excluding steroid dienone is 7. The molecule has 258 valence electrons. The van der Waals surface area contributed by atoms with Gasteiger partial charge in [0.1, 0.15) is 0 Å². The highest BCUT2D eigenvalue weighted by Gasteiger charge is 2.35. The van der Waals surface area contributed by atoms with Crippen molar-refractivity contribution in [1.82, 2.24) is 5.32 Å². The lowest BCUT2D eigenvalue weighted by Gasteiger charge is -2.41. The Hall–Kier alpha value is -6.64. The van der Waals surface area contributed by atoms with Gasteiger partial charge < -0.3 is 10.2 Å². The van der Waals surface area contributed by atoms with Crippen LogP contribution in [-0.2, 0) is 0 Å². The summed E-state index contributed by atoms with van der Waals surface area (Å²) < 4.78 is 0. The lowest BCUT2D eigenvalue weighted by molar-refractivity contribution is 0.775. The molecule has 1 N–H and O–H groups in total. The Labute approximate surface area is 318 Å². The predicted octanol–water partition coefficient (Wildman–Crippen LogP) is 13.2. The first-order valence-electron chi connectivity index (χ1n) is 19.0. The van der Waals surface area contributed by atoms with Gasteiger partial charge in [-0.2, -0.15) is 0 Å². The summed E-state index contributed by atoms with van der Waals surface area (Å²) in [6, 6.07) is 53.3. The molecule has 0 saturated heterocycles. The molecule has 6 aromatic rings. The summed E-state index contributed by atoms with van der Waals surface area (Å²) in [5.41, 5.74) is 21.2. The Morgan fingerprint density at radius 2 is 1.26 bits per heavy atom. The third-order valence-corrected chi connectivity index (χ3v) is 11.2. The first-order valence-corrected chi connectivity index (χ1v) is 19.0. The van der Waals surface area contributed by atoms with Gasteiger partial charge in [-0.15, -0.1) is 0 Å². The monoisotopic (exact) mass is 692 g/mol. The van der Waals surface area contributed by atoms with E-state index in [1.807, 2.05) is 0 Å². The number of fused-ring (bicyclic) bond motifs is 2. The fourth-order valence-corrected chi connectivity index (χ4v) is 8.63. The molecule has 0 bridgehead atoms. The second-order valence-corrected chi connectivity index (χ2v) is 14.5. The topological polar surface area (TPSA) is 15.3 Å². The number of rotatable bonds is 6. The third kappa shape index (κ3) is 5.59. The van der Waals surface area contributed by atoms with Crippen LogP contribution < -0.4 is 10.2 Å². The molecule has 10 rings (SSSR count). The summed E-state index contributed by atoms with van der Waals surface area (Å²) in [5, 5.41) is 3.67. The summed E-state index contributed by atoms with van der Waals surface area (Å²) in [6.07, 6.45) is 18.3. The van der Waals surface area contributed by atoms with Crippen molar-refractivity contribution in [2.75, 3.05) is 4.90 Å². The zero-order valence-corrected chi connectivity index (χ0v) is 30.3. The first-order chi connectivity index (χ1) is 26.7. The van der Waals surface area contributed by atoms with Gasteiger partial charge in [-0.3, -0.25) is 0 Å². The van der Waals surface area contributed by atoms with E-state index in [-0.39, 0.29) is 6.04 Å². The van der Waals surface area contributed by atoms with E-state index in [0.29, 0.717) is 0 Å². The minimum absolute atomic E-state index is 0.105. The Balaban J connectivity index is 1.00. The Morgan fingerprint density at radius 3 is 2.06 bits per heavy atom. The van der Waals surface area contributed by atoms with E-state index in [9.17, 15) is 0 Å². The van der Waals surface area contributed by atoms with Crippen LogP contribution in [-0.4, -0.2) is 6.04 Å². The van der Waals surface area contributed by atoms with Crippen LogP contribution in [0.25, 0.3) is 50.1 Å². The molecule has 0 saturated carbocycles. The standard InChI is InChI=1S/C52H40N2/c1-35-30-41(26-27-44(35)46-23-9-8-22-45(46)37-16-6-3-7-17-37)39-19-12-18-38(31-39)40-20-13-21-43(32-40)54-50-25-11-10-24-47(50)48-33-42(36-14-4-2-5-15-36)34-49-52(48)51(54)28-29-53-49/h3-4,6-34,49,53H,2,5H2,1H3. The molecule has 2 aliphatic heterocycles. The molecule has 4 aliphatic rings. The molecule has 6 aromatic carbocycles. The fourth-order valence-electron chi connectivity index (χ4n) is 8.63. The van der Waals surface area contributed by atoms with Gasteiger partial charge in [0.25, 0.3) is 0 Å². The van der Waals surface area contributed by atoms with Gasteiger partial charge in [0.15, 0.2) is 0 Å². The number of anilines is 2. The molecule has 0 fully saturated rings. The quantitative estimate of drug-likeness (QED) is 0.187. The number of nitrogens with zero attached hydrogens (tertiary/aromatic N) is 1. The molecule has 54 heavy (non-hydrogen) atoms. The molecule has 0 aromatic heterocycles. The number of hydrogen-bond donors (Lipinski definition) is 1. The number of hydrogen-bond acceptors (Lipinski definition) is 2. The van der Waals surface area contributed by atoms with Gasteiger partial charge in [-0.05, 0) is 135 Å². The smallest absolute Gasteiger partial charge is 0.0728 e. The molecule has 2 heteroatoms. The largest absolute Gasteiger partial charge is 0.380 e. The third-order valence-electron chi connectivity index (χ3n) is 11.2. The predicted molar refractivity (Wildman–Crippen MR) is 227 cm³/mol. The van der Waals surface area contributed by atoms with Gasteiger partial charge in [-0.25, -0.2) is 0 Å². The molecule has 2 nitrogen and oxygen atoms in total. The Kier molecular flexibility index (Phi) is 7.95. The summed E-state index contributed by atoms with van der Waals surface area (Å²) in [5.74, 6) is 0. The molecule has 2 aliphatic carbocycles. The first kappa shape index (κ1) is 32.0. The van der Waals surface area contributed by atoms with Crippen LogP contribution in [0.5, 0.6) is 0 Å². The second-order valence-electron chi connectivity index (χ2n) is 14.5. The van der Waals surface area contributed by atoms with Crippen LogP contribution in [0.2, 0.25) is 0 Å². The van der Waals surface area contributed by atoms with Crippen molar-refractivity contribution in [3.8, 4) is 44.5 Å². The van der Waals surface area contributed by atoms with Crippen molar-refractivity contribution >= 4 is 16.9 Å². The highest BCUT2D eigenvalue weighted by atomic mass is 15.2. The molecule has 0 amide bonds. The summed E-state index contributed by atoms with van der Waals surface area (Å²) in [6.45, 7) is 2.23. The molecule has 2 heterocycles. The lowest BCUT2D eigenvalue weighted by atomic mass is 9.78. The molecular weight excluding hydrogens is 653 g/mol. The van der Waals surface area contributed by atoms with Crippen LogP contribution >= 0.6 is 0 Å². The van der Waals surface area contributed by atoms with Crippen molar-refractivity contribution in [3.63, 3.8) is 0 Å². The normalized spacial score (nSPS) is 16.9. The minimum Gasteiger partial charge on any atom is -0.380 e. The van der Waals surface area contributed by atoms with Crippen LogP contribution in [0.4, 0.5) is 11.4 Å². The average molecular weight is 693 g/mol. The summed E-state index contributed by atoms with van der Waals surface area (Å²) in [4.78, 5) is 2.45. The number of benzene rings is 6. The van der Waals surface area contributed by atoms with Crippen LogP contribution in [0.3, 0.4) is 0 Å². The number of nitrogens with one attached hydrogen (secondary N) is 1. The zero-order chi connectivity index (χ0) is 36.0. The average Bonchev–Trinajstić information content (AvgIpc) is 3.24. The second kappa shape index (κ2) is 13.4. The SMILES string of the molecule is Cc1cc(-c2cccc(-c3cccc(N4C5=C6C(=CC(C7=CCCC=C7)=CC6NC=C5)c5ccccc54)c3)c2)ccc1-c1ccccc1-c1ccccc1. The summed E-state index contributed by atoms with van der Waals surface area (Å²) in [7, 11) is 0.